The highest BCUT2D eigenvalue weighted by Gasteiger charge is 2.18. The van der Waals surface area contributed by atoms with Crippen LogP contribution in [0.4, 0.5) is 5.69 Å². The number of benzene rings is 1. The highest BCUT2D eigenvalue weighted by molar-refractivity contribution is 7.09. The summed E-state index contributed by atoms with van der Waals surface area (Å²) in [4.78, 5) is 6.97. The highest BCUT2D eigenvalue weighted by atomic mass is 32.1. The van der Waals surface area contributed by atoms with Crippen LogP contribution in [0.5, 0.6) is 0 Å². The van der Waals surface area contributed by atoms with Crippen molar-refractivity contribution in [2.75, 3.05) is 25.0 Å². The number of hydrogen-bond acceptors (Lipinski definition) is 5. The number of aryl methyl sites for hydroxylation is 1. The van der Waals surface area contributed by atoms with Gasteiger partial charge in [0, 0.05) is 24.2 Å². The van der Waals surface area contributed by atoms with Gasteiger partial charge in [0.2, 0.25) is 0 Å². The van der Waals surface area contributed by atoms with Crippen molar-refractivity contribution in [3.8, 4) is 0 Å². The molecule has 1 aliphatic rings. The Morgan fingerprint density at radius 1 is 1.35 bits per heavy atom. The van der Waals surface area contributed by atoms with Gasteiger partial charge in [0.1, 0.15) is 0 Å². The monoisotopic (exact) mass is 331 g/mol. The van der Waals surface area contributed by atoms with Crippen LogP contribution in [0.25, 0.3) is 0 Å². The number of nitrogens with zero attached hydrogens (tertiary/aromatic N) is 2. The highest BCUT2D eigenvalue weighted by Crippen LogP contribution is 2.20. The SMILES string of the molecule is Cc1nc(CNc2cccc(CN3CCC(CO)CC3)c2)cs1. The maximum atomic E-state index is 9.23. The van der Waals surface area contributed by atoms with E-state index in [0.29, 0.717) is 12.5 Å². The summed E-state index contributed by atoms with van der Waals surface area (Å²) in [5.41, 5.74) is 3.59. The van der Waals surface area contributed by atoms with Crippen molar-refractivity contribution < 1.29 is 5.11 Å². The van der Waals surface area contributed by atoms with E-state index < -0.39 is 0 Å². The van der Waals surface area contributed by atoms with Gasteiger partial charge in [-0.15, -0.1) is 11.3 Å². The summed E-state index contributed by atoms with van der Waals surface area (Å²) >= 11 is 1.69. The van der Waals surface area contributed by atoms with Gasteiger partial charge in [0.25, 0.3) is 0 Å². The van der Waals surface area contributed by atoms with Crippen molar-refractivity contribution in [1.82, 2.24) is 9.88 Å². The predicted molar refractivity (Wildman–Crippen MR) is 95.7 cm³/mol. The van der Waals surface area contributed by atoms with E-state index in [2.05, 4.69) is 44.8 Å². The number of piperidine rings is 1. The molecule has 2 aromatic rings. The van der Waals surface area contributed by atoms with Crippen LogP contribution in [0.3, 0.4) is 0 Å². The van der Waals surface area contributed by atoms with E-state index in [1.54, 1.807) is 11.3 Å². The van der Waals surface area contributed by atoms with Gasteiger partial charge < -0.3 is 10.4 Å². The number of aliphatic hydroxyl groups is 1. The second-order valence-electron chi connectivity index (χ2n) is 6.31. The Morgan fingerprint density at radius 3 is 2.87 bits per heavy atom. The molecule has 0 atom stereocenters. The molecule has 1 saturated heterocycles. The predicted octanol–water partition coefficient (Wildman–Crippen LogP) is 3.27. The molecule has 0 aliphatic carbocycles. The Labute approximate surface area is 142 Å². The third kappa shape index (κ3) is 4.77. The number of anilines is 1. The molecule has 1 aromatic heterocycles. The third-order valence-electron chi connectivity index (χ3n) is 4.44. The number of likely N-dealkylation sites (tertiary alicyclic amines) is 1. The van der Waals surface area contributed by atoms with E-state index >= 15 is 0 Å². The Morgan fingerprint density at radius 2 is 2.17 bits per heavy atom. The first kappa shape index (κ1) is 16.4. The van der Waals surface area contributed by atoms with Crippen molar-refractivity contribution in [3.63, 3.8) is 0 Å². The minimum Gasteiger partial charge on any atom is -0.396 e. The topological polar surface area (TPSA) is 48.4 Å². The fraction of sp³-hybridized carbons (Fsp3) is 0.500. The second-order valence-corrected chi connectivity index (χ2v) is 7.38. The molecule has 0 amide bonds. The lowest BCUT2D eigenvalue weighted by molar-refractivity contribution is 0.127. The summed E-state index contributed by atoms with van der Waals surface area (Å²) < 4.78 is 0. The average molecular weight is 331 g/mol. The standard InChI is InChI=1S/C18H25N3OS/c1-14-20-18(13-23-14)10-19-17-4-2-3-16(9-17)11-21-7-5-15(12-22)6-8-21/h2-4,9,13,15,19,22H,5-8,10-12H2,1H3. The largest absolute Gasteiger partial charge is 0.396 e. The van der Waals surface area contributed by atoms with E-state index in [0.717, 1.165) is 55.4 Å². The number of hydrogen-bond donors (Lipinski definition) is 2. The van der Waals surface area contributed by atoms with Gasteiger partial charge in [-0.25, -0.2) is 4.98 Å². The Kier molecular flexibility index (Phi) is 5.65. The molecule has 0 unspecified atom stereocenters. The number of rotatable bonds is 6. The average Bonchev–Trinajstić information content (AvgIpc) is 3.00. The lowest BCUT2D eigenvalue weighted by Crippen LogP contribution is -2.34. The molecule has 0 saturated carbocycles. The fourth-order valence-corrected chi connectivity index (χ4v) is 3.66. The molecule has 5 heteroatoms. The number of nitrogens with one attached hydrogen (secondary N) is 1. The summed E-state index contributed by atoms with van der Waals surface area (Å²) in [7, 11) is 0. The van der Waals surface area contributed by atoms with Gasteiger partial charge >= 0.3 is 0 Å². The van der Waals surface area contributed by atoms with Gasteiger partial charge in [-0.3, -0.25) is 4.90 Å². The molecule has 0 radical (unpaired) electrons. The van der Waals surface area contributed by atoms with Crippen LogP contribution in [0.2, 0.25) is 0 Å². The first-order chi connectivity index (χ1) is 11.2. The van der Waals surface area contributed by atoms with E-state index in [1.807, 2.05) is 6.92 Å². The normalized spacial score (nSPS) is 16.6. The van der Waals surface area contributed by atoms with Crippen LogP contribution in [0.1, 0.15) is 29.1 Å². The molecule has 1 fully saturated rings. The molecule has 0 spiro atoms. The molecular formula is C18H25N3OS. The fourth-order valence-electron chi connectivity index (χ4n) is 3.05. The van der Waals surface area contributed by atoms with Crippen molar-refractivity contribution in [2.45, 2.75) is 32.9 Å². The molecule has 3 rings (SSSR count). The summed E-state index contributed by atoms with van der Waals surface area (Å²) in [6.07, 6.45) is 2.22. The lowest BCUT2D eigenvalue weighted by atomic mass is 9.97. The molecule has 4 nitrogen and oxygen atoms in total. The number of thiazole rings is 1. The van der Waals surface area contributed by atoms with E-state index in [-0.39, 0.29) is 0 Å². The van der Waals surface area contributed by atoms with Crippen LogP contribution in [0.15, 0.2) is 29.6 Å². The van der Waals surface area contributed by atoms with Gasteiger partial charge in [-0.05, 0) is 56.5 Å². The molecule has 2 heterocycles. The summed E-state index contributed by atoms with van der Waals surface area (Å²) in [6, 6.07) is 8.65. The summed E-state index contributed by atoms with van der Waals surface area (Å²) in [5, 5.41) is 15.9. The van der Waals surface area contributed by atoms with E-state index in [1.165, 1.54) is 5.56 Å². The van der Waals surface area contributed by atoms with Crippen LogP contribution in [-0.2, 0) is 13.1 Å². The Hall–Kier alpha value is -1.43. The quantitative estimate of drug-likeness (QED) is 0.853. The van der Waals surface area contributed by atoms with Crippen molar-refractivity contribution in [3.05, 3.63) is 45.9 Å². The van der Waals surface area contributed by atoms with Crippen LogP contribution in [-0.4, -0.2) is 34.7 Å². The smallest absolute Gasteiger partial charge is 0.0898 e. The minimum atomic E-state index is 0.337. The molecule has 124 valence electrons. The molecule has 2 N–H and O–H groups in total. The van der Waals surface area contributed by atoms with E-state index in [4.69, 9.17) is 0 Å². The molecule has 23 heavy (non-hydrogen) atoms. The first-order valence-electron chi connectivity index (χ1n) is 8.30. The van der Waals surface area contributed by atoms with Crippen LogP contribution in [0, 0.1) is 12.8 Å². The van der Waals surface area contributed by atoms with Gasteiger partial charge in [-0.1, -0.05) is 12.1 Å². The van der Waals surface area contributed by atoms with Gasteiger partial charge in [0.05, 0.1) is 17.2 Å². The first-order valence-corrected chi connectivity index (χ1v) is 9.18. The lowest BCUT2D eigenvalue weighted by Gasteiger charge is -2.31. The second kappa shape index (κ2) is 7.90. The minimum absolute atomic E-state index is 0.337. The molecule has 1 aliphatic heterocycles. The molecule has 1 aromatic carbocycles. The van der Waals surface area contributed by atoms with Crippen LogP contribution < -0.4 is 5.32 Å². The number of aliphatic hydroxyl groups excluding tert-OH is 1. The van der Waals surface area contributed by atoms with Crippen LogP contribution >= 0.6 is 11.3 Å². The van der Waals surface area contributed by atoms with Gasteiger partial charge in [-0.2, -0.15) is 0 Å². The van der Waals surface area contributed by atoms with E-state index in [9.17, 15) is 5.11 Å². The van der Waals surface area contributed by atoms with Crippen molar-refractivity contribution in [2.24, 2.45) is 5.92 Å². The number of aromatic nitrogens is 1. The molecule has 0 bridgehead atoms. The zero-order valence-corrected chi connectivity index (χ0v) is 14.5. The summed E-state index contributed by atoms with van der Waals surface area (Å²) in [5.74, 6) is 0.501. The molecular weight excluding hydrogens is 306 g/mol. The third-order valence-corrected chi connectivity index (χ3v) is 5.26. The Bertz CT molecular complexity index is 620. The summed E-state index contributed by atoms with van der Waals surface area (Å²) in [6.45, 7) is 6.30. The van der Waals surface area contributed by atoms with Gasteiger partial charge in [0.15, 0.2) is 0 Å². The maximum absolute atomic E-state index is 9.23. The van der Waals surface area contributed by atoms with Crippen molar-refractivity contribution >= 4 is 17.0 Å². The zero-order valence-electron chi connectivity index (χ0n) is 13.7. The maximum Gasteiger partial charge on any atom is 0.0898 e. The zero-order chi connectivity index (χ0) is 16.1. The van der Waals surface area contributed by atoms with Crippen molar-refractivity contribution in [1.29, 1.82) is 0 Å². The Balaban J connectivity index is 1.53.